The lowest BCUT2D eigenvalue weighted by atomic mass is 9.95. The van der Waals surface area contributed by atoms with Crippen molar-refractivity contribution >= 4 is 5.97 Å². The molecular formula is C9H16FNO2. The maximum absolute atomic E-state index is 13.4. The van der Waals surface area contributed by atoms with Crippen LogP contribution in [-0.2, 0) is 9.53 Å². The summed E-state index contributed by atoms with van der Waals surface area (Å²) in [6.07, 6.45) is 0.561. The Balaban J connectivity index is 2.40. The van der Waals surface area contributed by atoms with Crippen molar-refractivity contribution in [2.45, 2.75) is 25.4 Å². The highest BCUT2D eigenvalue weighted by Gasteiger charge is 2.25. The lowest BCUT2D eigenvalue weighted by Crippen LogP contribution is -2.20. The molecule has 0 aromatic carbocycles. The zero-order valence-corrected chi connectivity index (χ0v) is 7.88. The van der Waals surface area contributed by atoms with Crippen LogP contribution < -0.4 is 5.32 Å². The van der Waals surface area contributed by atoms with Gasteiger partial charge in [-0.1, -0.05) is 0 Å². The summed E-state index contributed by atoms with van der Waals surface area (Å²) < 4.78 is 17.9. The van der Waals surface area contributed by atoms with Crippen LogP contribution in [0.5, 0.6) is 0 Å². The van der Waals surface area contributed by atoms with Crippen molar-refractivity contribution in [1.82, 2.24) is 5.32 Å². The fourth-order valence-corrected chi connectivity index (χ4v) is 1.60. The highest BCUT2D eigenvalue weighted by atomic mass is 19.1. The molecule has 2 atom stereocenters. The number of carbonyl (C=O) groups is 1. The maximum atomic E-state index is 13.4. The molecule has 0 bridgehead atoms. The van der Waals surface area contributed by atoms with Gasteiger partial charge in [0.15, 0.2) is 0 Å². The third-order valence-corrected chi connectivity index (χ3v) is 2.46. The molecule has 13 heavy (non-hydrogen) atoms. The first-order valence-electron chi connectivity index (χ1n) is 4.65. The smallest absolute Gasteiger partial charge is 0.305 e. The van der Waals surface area contributed by atoms with Gasteiger partial charge in [0, 0.05) is 5.92 Å². The van der Waals surface area contributed by atoms with E-state index in [2.05, 4.69) is 10.1 Å². The molecule has 1 aliphatic rings. The molecule has 1 rings (SSSR count). The summed E-state index contributed by atoms with van der Waals surface area (Å²) in [5, 5.41) is 3.11. The normalized spacial score (nSPS) is 29.4. The van der Waals surface area contributed by atoms with E-state index < -0.39 is 6.17 Å². The number of alkyl halides is 1. The molecule has 0 aromatic rings. The van der Waals surface area contributed by atoms with Gasteiger partial charge in [0.2, 0.25) is 0 Å². The largest absolute Gasteiger partial charge is 0.469 e. The SMILES string of the molecule is COC(=O)CC1CCNCCC1F. The van der Waals surface area contributed by atoms with E-state index in [0.29, 0.717) is 13.0 Å². The zero-order valence-electron chi connectivity index (χ0n) is 7.88. The molecule has 1 N–H and O–H groups in total. The minimum Gasteiger partial charge on any atom is -0.469 e. The first kappa shape index (κ1) is 10.4. The van der Waals surface area contributed by atoms with E-state index in [1.165, 1.54) is 7.11 Å². The second kappa shape index (κ2) is 5.17. The Morgan fingerprint density at radius 2 is 2.23 bits per heavy atom. The zero-order chi connectivity index (χ0) is 9.68. The Labute approximate surface area is 77.6 Å². The summed E-state index contributed by atoms with van der Waals surface area (Å²) >= 11 is 0. The topological polar surface area (TPSA) is 38.3 Å². The lowest BCUT2D eigenvalue weighted by molar-refractivity contribution is -0.142. The van der Waals surface area contributed by atoms with Crippen molar-refractivity contribution in [2.75, 3.05) is 20.2 Å². The molecular weight excluding hydrogens is 173 g/mol. The Kier molecular flexibility index (Phi) is 4.15. The average Bonchev–Trinajstić information content (AvgIpc) is 2.32. The van der Waals surface area contributed by atoms with Gasteiger partial charge in [-0.3, -0.25) is 4.79 Å². The summed E-state index contributed by atoms with van der Waals surface area (Å²) in [6.45, 7) is 1.50. The van der Waals surface area contributed by atoms with Crippen molar-refractivity contribution in [3.05, 3.63) is 0 Å². The van der Waals surface area contributed by atoms with Crippen LogP contribution in [0.1, 0.15) is 19.3 Å². The van der Waals surface area contributed by atoms with Crippen LogP contribution in [-0.4, -0.2) is 32.3 Å². The van der Waals surface area contributed by atoms with Crippen molar-refractivity contribution in [2.24, 2.45) is 5.92 Å². The van der Waals surface area contributed by atoms with Gasteiger partial charge in [-0.05, 0) is 25.9 Å². The number of ether oxygens (including phenoxy) is 1. The summed E-state index contributed by atoms with van der Waals surface area (Å²) in [5.41, 5.74) is 0. The molecule has 76 valence electrons. The summed E-state index contributed by atoms with van der Waals surface area (Å²) in [5.74, 6) is -0.475. The van der Waals surface area contributed by atoms with Crippen LogP contribution in [0.4, 0.5) is 4.39 Å². The van der Waals surface area contributed by atoms with Crippen LogP contribution in [0.2, 0.25) is 0 Å². The minimum atomic E-state index is -0.867. The minimum absolute atomic E-state index is 0.164. The predicted molar refractivity (Wildman–Crippen MR) is 47.1 cm³/mol. The highest BCUT2D eigenvalue weighted by molar-refractivity contribution is 5.69. The van der Waals surface area contributed by atoms with Gasteiger partial charge < -0.3 is 10.1 Å². The molecule has 1 aliphatic heterocycles. The molecule has 1 heterocycles. The van der Waals surface area contributed by atoms with Gasteiger partial charge in [0.1, 0.15) is 6.17 Å². The second-order valence-electron chi connectivity index (χ2n) is 3.38. The average molecular weight is 189 g/mol. The maximum Gasteiger partial charge on any atom is 0.305 e. The summed E-state index contributed by atoms with van der Waals surface area (Å²) in [6, 6.07) is 0. The third-order valence-electron chi connectivity index (χ3n) is 2.46. The quantitative estimate of drug-likeness (QED) is 0.655. The molecule has 2 unspecified atom stereocenters. The fraction of sp³-hybridized carbons (Fsp3) is 0.889. The molecule has 4 heteroatoms. The number of nitrogens with one attached hydrogen (secondary N) is 1. The van der Waals surface area contributed by atoms with Crippen LogP contribution >= 0.6 is 0 Å². The third kappa shape index (κ3) is 3.30. The van der Waals surface area contributed by atoms with Crippen LogP contribution in [0.15, 0.2) is 0 Å². The molecule has 0 spiro atoms. The van der Waals surface area contributed by atoms with Gasteiger partial charge in [-0.15, -0.1) is 0 Å². The van der Waals surface area contributed by atoms with E-state index in [-0.39, 0.29) is 18.3 Å². The van der Waals surface area contributed by atoms with Crippen LogP contribution in [0, 0.1) is 5.92 Å². The Bertz CT molecular complexity index is 175. The number of hydrogen-bond donors (Lipinski definition) is 1. The van der Waals surface area contributed by atoms with Crippen LogP contribution in [0.3, 0.4) is 0 Å². The number of hydrogen-bond acceptors (Lipinski definition) is 3. The molecule has 0 aliphatic carbocycles. The van der Waals surface area contributed by atoms with Crippen molar-refractivity contribution in [3.8, 4) is 0 Å². The first-order chi connectivity index (χ1) is 6.24. The monoisotopic (exact) mass is 189 g/mol. The number of halogens is 1. The van der Waals surface area contributed by atoms with Gasteiger partial charge >= 0.3 is 5.97 Å². The first-order valence-corrected chi connectivity index (χ1v) is 4.65. The standard InChI is InChI=1S/C9H16FNO2/c1-13-9(12)6-7-2-4-11-5-3-8(7)10/h7-8,11H,2-6H2,1H3. The van der Waals surface area contributed by atoms with Crippen molar-refractivity contribution in [1.29, 1.82) is 0 Å². The van der Waals surface area contributed by atoms with Crippen molar-refractivity contribution < 1.29 is 13.9 Å². The fourth-order valence-electron chi connectivity index (χ4n) is 1.60. The number of rotatable bonds is 2. The predicted octanol–water partition coefficient (Wildman–Crippen LogP) is 0.887. The molecule has 1 saturated heterocycles. The summed E-state index contributed by atoms with van der Waals surface area (Å²) in [4.78, 5) is 10.9. The Hall–Kier alpha value is -0.640. The van der Waals surface area contributed by atoms with E-state index >= 15 is 0 Å². The molecule has 0 radical (unpaired) electrons. The number of methoxy groups -OCH3 is 1. The molecule has 0 amide bonds. The highest BCUT2D eigenvalue weighted by Crippen LogP contribution is 2.21. The van der Waals surface area contributed by atoms with Crippen molar-refractivity contribution in [3.63, 3.8) is 0 Å². The van der Waals surface area contributed by atoms with E-state index in [0.717, 1.165) is 13.0 Å². The summed E-state index contributed by atoms with van der Waals surface area (Å²) in [7, 11) is 1.34. The van der Waals surface area contributed by atoms with E-state index in [4.69, 9.17) is 0 Å². The van der Waals surface area contributed by atoms with E-state index in [1.807, 2.05) is 0 Å². The Morgan fingerprint density at radius 1 is 1.54 bits per heavy atom. The second-order valence-corrected chi connectivity index (χ2v) is 3.38. The van der Waals surface area contributed by atoms with Gasteiger partial charge in [-0.25, -0.2) is 4.39 Å². The van der Waals surface area contributed by atoms with E-state index in [9.17, 15) is 9.18 Å². The molecule has 1 fully saturated rings. The molecule has 0 saturated carbocycles. The number of esters is 1. The van der Waals surface area contributed by atoms with Gasteiger partial charge in [0.25, 0.3) is 0 Å². The molecule has 0 aromatic heterocycles. The van der Waals surface area contributed by atoms with E-state index in [1.54, 1.807) is 0 Å². The van der Waals surface area contributed by atoms with Crippen LogP contribution in [0.25, 0.3) is 0 Å². The van der Waals surface area contributed by atoms with Gasteiger partial charge in [0.05, 0.1) is 13.5 Å². The van der Waals surface area contributed by atoms with Gasteiger partial charge in [-0.2, -0.15) is 0 Å². The lowest BCUT2D eigenvalue weighted by Gasteiger charge is -2.15. The molecule has 3 nitrogen and oxygen atoms in total. The Morgan fingerprint density at radius 3 is 2.92 bits per heavy atom. The number of carbonyl (C=O) groups excluding carboxylic acids is 1.